The molecule has 3 rings (SSSR count). The second-order valence-electron chi connectivity index (χ2n) is 4.37. The highest BCUT2D eigenvalue weighted by Gasteiger charge is 2.19. The van der Waals surface area contributed by atoms with Gasteiger partial charge in [-0.25, -0.2) is 0 Å². The van der Waals surface area contributed by atoms with Gasteiger partial charge < -0.3 is 5.73 Å². The number of hydrogen-bond donors (Lipinski definition) is 1. The van der Waals surface area contributed by atoms with Crippen LogP contribution in [0.5, 0.6) is 0 Å². The Hall–Kier alpha value is -0.840. The number of fused-ring (bicyclic) bond motifs is 1. The molecule has 0 aliphatic carbocycles. The smallest absolute Gasteiger partial charge is 0.0346 e. The molecule has 2 heterocycles. The van der Waals surface area contributed by atoms with Gasteiger partial charge in [-0.1, -0.05) is 6.07 Å². The Kier molecular flexibility index (Phi) is 2.94. The molecule has 17 heavy (non-hydrogen) atoms. The Morgan fingerprint density at radius 2 is 2.06 bits per heavy atom. The quantitative estimate of drug-likeness (QED) is 0.859. The minimum Gasteiger partial charge on any atom is -0.399 e. The van der Waals surface area contributed by atoms with Gasteiger partial charge in [0.1, 0.15) is 0 Å². The number of anilines is 1. The van der Waals surface area contributed by atoms with E-state index < -0.39 is 0 Å². The standard InChI is InChI=1S/C13H13BrN2S/c14-12-3-4-17-13(12)8-16-6-9-1-2-11(15)5-10(9)7-16/h1-5H,6-8,15H2. The molecular formula is C13H13BrN2S. The molecule has 1 aliphatic rings. The molecule has 4 heteroatoms. The van der Waals surface area contributed by atoms with Crippen molar-refractivity contribution in [3.63, 3.8) is 0 Å². The van der Waals surface area contributed by atoms with Crippen LogP contribution in [0.3, 0.4) is 0 Å². The molecule has 0 amide bonds. The fourth-order valence-corrected chi connectivity index (χ4v) is 3.76. The third kappa shape index (κ3) is 2.25. The summed E-state index contributed by atoms with van der Waals surface area (Å²) in [5, 5.41) is 2.13. The SMILES string of the molecule is Nc1ccc2c(c1)CN(Cc1sccc1Br)C2. The molecule has 0 atom stereocenters. The topological polar surface area (TPSA) is 29.3 Å². The van der Waals surface area contributed by atoms with E-state index in [9.17, 15) is 0 Å². The van der Waals surface area contributed by atoms with Crippen molar-refractivity contribution in [3.05, 3.63) is 50.1 Å². The summed E-state index contributed by atoms with van der Waals surface area (Å²) in [5.41, 5.74) is 9.46. The fraction of sp³-hybridized carbons (Fsp3) is 0.231. The van der Waals surface area contributed by atoms with Crippen LogP contribution in [0.4, 0.5) is 5.69 Å². The summed E-state index contributed by atoms with van der Waals surface area (Å²) in [6, 6.07) is 8.34. The van der Waals surface area contributed by atoms with Gasteiger partial charge in [-0.05, 0) is 50.6 Å². The zero-order chi connectivity index (χ0) is 11.8. The molecule has 0 bridgehead atoms. The maximum absolute atomic E-state index is 5.81. The van der Waals surface area contributed by atoms with Crippen molar-refractivity contribution in [2.24, 2.45) is 0 Å². The lowest BCUT2D eigenvalue weighted by Crippen LogP contribution is -2.14. The summed E-state index contributed by atoms with van der Waals surface area (Å²) >= 11 is 5.39. The molecule has 0 spiro atoms. The van der Waals surface area contributed by atoms with E-state index in [2.05, 4.69) is 44.4 Å². The number of rotatable bonds is 2. The molecule has 1 aromatic heterocycles. The minimum atomic E-state index is 0.864. The predicted octanol–water partition coefficient (Wildman–Crippen LogP) is 3.61. The number of hydrogen-bond acceptors (Lipinski definition) is 3. The first-order chi connectivity index (χ1) is 8.22. The summed E-state index contributed by atoms with van der Waals surface area (Å²) in [6.07, 6.45) is 0. The highest BCUT2D eigenvalue weighted by Crippen LogP contribution is 2.29. The molecule has 1 aliphatic heterocycles. The van der Waals surface area contributed by atoms with Gasteiger partial charge in [0.2, 0.25) is 0 Å². The largest absolute Gasteiger partial charge is 0.399 e. The van der Waals surface area contributed by atoms with Crippen LogP contribution in [0, 0.1) is 0 Å². The molecule has 0 unspecified atom stereocenters. The maximum atomic E-state index is 5.81. The normalized spacial score (nSPS) is 15.1. The van der Waals surface area contributed by atoms with E-state index in [4.69, 9.17) is 5.73 Å². The lowest BCUT2D eigenvalue weighted by Gasteiger charge is -2.13. The second kappa shape index (κ2) is 4.44. The molecule has 0 fully saturated rings. The van der Waals surface area contributed by atoms with Gasteiger partial charge in [-0.3, -0.25) is 4.90 Å². The van der Waals surface area contributed by atoms with Gasteiger partial charge >= 0.3 is 0 Å². The van der Waals surface area contributed by atoms with Crippen LogP contribution in [0.2, 0.25) is 0 Å². The van der Waals surface area contributed by atoms with Crippen LogP contribution in [0.1, 0.15) is 16.0 Å². The van der Waals surface area contributed by atoms with Crippen LogP contribution in [0.25, 0.3) is 0 Å². The van der Waals surface area contributed by atoms with Gasteiger partial charge in [0, 0.05) is 34.7 Å². The molecule has 0 saturated heterocycles. The van der Waals surface area contributed by atoms with Gasteiger partial charge in [0.15, 0.2) is 0 Å². The Morgan fingerprint density at radius 1 is 1.24 bits per heavy atom. The highest BCUT2D eigenvalue weighted by atomic mass is 79.9. The molecule has 1 aromatic carbocycles. The van der Waals surface area contributed by atoms with Gasteiger partial charge in [-0.2, -0.15) is 0 Å². The average Bonchev–Trinajstić information content (AvgIpc) is 2.85. The van der Waals surface area contributed by atoms with Crippen LogP contribution in [-0.4, -0.2) is 4.90 Å². The maximum Gasteiger partial charge on any atom is 0.0346 e. The zero-order valence-corrected chi connectivity index (χ0v) is 11.7. The van der Waals surface area contributed by atoms with E-state index in [1.165, 1.54) is 20.5 Å². The van der Waals surface area contributed by atoms with Crippen molar-refractivity contribution in [2.75, 3.05) is 5.73 Å². The van der Waals surface area contributed by atoms with Crippen LogP contribution in [-0.2, 0) is 19.6 Å². The first-order valence-corrected chi connectivity index (χ1v) is 7.21. The summed E-state index contributed by atoms with van der Waals surface area (Å²) in [4.78, 5) is 3.84. The molecule has 0 saturated carbocycles. The Bertz CT molecular complexity index is 550. The molecular weight excluding hydrogens is 296 g/mol. The number of benzene rings is 1. The van der Waals surface area contributed by atoms with E-state index in [0.29, 0.717) is 0 Å². The van der Waals surface area contributed by atoms with E-state index in [0.717, 1.165) is 25.3 Å². The van der Waals surface area contributed by atoms with Crippen LogP contribution in [0.15, 0.2) is 34.1 Å². The van der Waals surface area contributed by atoms with Crippen molar-refractivity contribution < 1.29 is 0 Å². The third-order valence-corrected chi connectivity index (χ3v) is 4.99. The molecule has 88 valence electrons. The summed E-state index contributed by atoms with van der Waals surface area (Å²) in [7, 11) is 0. The molecule has 2 aromatic rings. The van der Waals surface area contributed by atoms with Crippen molar-refractivity contribution >= 4 is 33.0 Å². The van der Waals surface area contributed by atoms with E-state index in [1.54, 1.807) is 11.3 Å². The number of nitrogens with two attached hydrogens (primary N) is 1. The summed E-state index contributed by atoms with van der Waals surface area (Å²) < 4.78 is 1.22. The summed E-state index contributed by atoms with van der Waals surface area (Å²) in [5.74, 6) is 0. The van der Waals surface area contributed by atoms with Crippen molar-refractivity contribution in [2.45, 2.75) is 19.6 Å². The van der Waals surface area contributed by atoms with Gasteiger partial charge in [0.05, 0.1) is 0 Å². The number of thiophene rings is 1. The van der Waals surface area contributed by atoms with Crippen LogP contribution < -0.4 is 5.73 Å². The molecule has 0 radical (unpaired) electrons. The number of halogens is 1. The van der Waals surface area contributed by atoms with E-state index >= 15 is 0 Å². The fourth-order valence-electron chi connectivity index (χ4n) is 2.24. The predicted molar refractivity (Wildman–Crippen MR) is 75.8 cm³/mol. The lowest BCUT2D eigenvalue weighted by molar-refractivity contribution is 0.277. The first-order valence-electron chi connectivity index (χ1n) is 5.54. The Labute approximate surface area is 113 Å². The first kappa shape index (κ1) is 11.3. The summed E-state index contributed by atoms with van der Waals surface area (Å²) in [6.45, 7) is 3.04. The second-order valence-corrected chi connectivity index (χ2v) is 6.22. The highest BCUT2D eigenvalue weighted by molar-refractivity contribution is 9.10. The van der Waals surface area contributed by atoms with Gasteiger partial charge in [-0.15, -0.1) is 11.3 Å². The number of nitrogen functional groups attached to an aromatic ring is 1. The van der Waals surface area contributed by atoms with Crippen molar-refractivity contribution in [1.29, 1.82) is 0 Å². The average molecular weight is 309 g/mol. The molecule has 2 nitrogen and oxygen atoms in total. The van der Waals surface area contributed by atoms with Crippen molar-refractivity contribution in [1.82, 2.24) is 4.90 Å². The van der Waals surface area contributed by atoms with Gasteiger partial charge in [0.25, 0.3) is 0 Å². The third-order valence-electron chi connectivity index (χ3n) is 3.08. The van der Waals surface area contributed by atoms with E-state index in [1.807, 2.05) is 6.07 Å². The Balaban J connectivity index is 1.76. The molecule has 2 N–H and O–H groups in total. The van der Waals surface area contributed by atoms with Crippen molar-refractivity contribution in [3.8, 4) is 0 Å². The number of nitrogens with zero attached hydrogens (tertiary/aromatic N) is 1. The van der Waals surface area contributed by atoms with E-state index in [-0.39, 0.29) is 0 Å². The Morgan fingerprint density at radius 3 is 2.82 bits per heavy atom. The minimum absolute atomic E-state index is 0.864. The van der Waals surface area contributed by atoms with Crippen LogP contribution >= 0.6 is 27.3 Å². The zero-order valence-electron chi connectivity index (χ0n) is 9.32. The monoisotopic (exact) mass is 308 g/mol. The lowest BCUT2D eigenvalue weighted by atomic mass is 10.1.